The Labute approximate surface area is 63.2 Å². The molecule has 0 bridgehead atoms. The first-order valence-corrected chi connectivity index (χ1v) is 3.69. The van der Waals surface area contributed by atoms with Gasteiger partial charge < -0.3 is 4.74 Å². The molecule has 10 heavy (non-hydrogen) atoms. The van der Waals surface area contributed by atoms with Gasteiger partial charge in [0.15, 0.2) is 6.29 Å². The predicted molar refractivity (Wildman–Crippen MR) is 40.2 cm³/mol. The van der Waals surface area contributed by atoms with Crippen LogP contribution in [-0.2, 0) is 9.84 Å². The Kier molecular flexibility index (Phi) is 3.91. The Balaban J connectivity index is 3.21. The maximum atomic E-state index is 10.4. The van der Waals surface area contributed by atoms with Crippen molar-refractivity contribution < 1.29 is 9.84 Å². The molecule has 0 saturated heterocycles. The third-order valence-corrected chi connectivity index (χ3v) is 1.20. The Morgan fingerprint density at radius 2 is 1.90 bits per heavy atom. The van der Waals surface area contributed by atoms with Crippen LogP contribution in [0.2, 0.25) is 0 Å². The summed E-state index contributed by atoms with van der Waals surface area (Å²) in [5.74, 6) is 0. The van der Waals surface area contributed by atoms with Crippen molar-refractivity contribution in [3.8, 4) is 0 Å². The zero-order chi connectivity index (χ0) is 8.20. The molecule has 0 amide bonds. The maximum Gasteiger partial charge on any atom is 0.188 e. The van der Waals surface area contributed by atoms with Crippen LogP contribution in [0.3, 0.4) is 0 Å². The second-order valence-corrected chi connectivity index (χ2v) is 3.75. The zero-order valence-corrected chi connectivity index (χ0v) is 7.31. The standard InChI is InChI=1S/C8H17O2/c1-7(9)10-6-5-8(2,3)4/h7H,5-6H2,1-4H3. The van der Waals surface area contributed by atoms with E-state index in [4.69, 9.17) is 4.74 Å². The fourth-order valence-corrected chi connectivity index (χ4v) is 0.531. The zero-order valence-electron chi connectivity index (χ0n) is 7.31. The van der Waals surface area contributed by atoms with Crippen LogP contribution < -0.4 is 0 Å². The fourth-order valence-electron chi connectivity index (χ4n) is 0.531. The molecule has 2 heteroatoms. The molecule has 1 unspecified atom stereocenters. The molecule has 2 nitrogen and oxygen atoms in total. The minimum absolute atomic E-state index is 0.273. The molecule has 0 aliphatic rings. The molecule has 0 aromatic carbocycles. The van der Waals surface area contributed by atoms with E-state index in [1.807, 2.05) is 0 Å². The average Bonchev–Trinajstić information content (AvgIpc) is 1.59. The number of hydrogen-bond donors (Lipinski definition) is 0. The molecule has 0 aromatic heterocycles. The Morgan fingerprint density at radius 1 is 1.40 bits per heavy atom. The van der Waals surface area contributed by atoms with Crippen LogP contribution in [-0.4, -0.2) is 12.9 Å². The monoisotopic (exact) mass is 145 g/mol. The molecule has 0 rings (SSSR count). The van der Waals surface area contributed by atoms with Gasteiger partial charge in [0, 0.05) is 0 Å². The van der Waals surface area contributed by atoms with Crippen LogP contribution in [0.5, 0.6) is 0 Å². The molecule has 0 saturated carbocycles. The van der Waals surface area contributed by atoms with Gasteiger partial charge in [-0.15, -0.1) is 0 Å². The minimum atomic E-state index is -0.873. The average molecular weight is 145 g/mol. The third-order valence-electron chi connectivity index (χ3n) is 1.20. The highest BCUT2D eigenvalue weighted by atomic mass is 16.6. The van der Waals surface area contributed by atoms with Crippen molar-refractivity contribution in [2.75, 3.05) is 6.61 Å². The predicted octanol–water partition coefficient (Wildman–Crippen LogP) is 2.22. The molecule has 0 heterocycles. The van der Waals surface area contributed by atoms with E-state index < -0.39 is 6.29 Å². The van der Waals surface area contributed by atoms with Crippen molar-refractivity contribution in [3.63, 3.8) is 0 Å². The number of hydrogen-bond acceptors (Lipinski definition) is 1. The summed E-state index contributed by atoms with van der Waals surface area (Å²) in [6.07, 6.45) is 0.0712. The lowest BCUT2D eigenvalue weighted by molar-refractivity contribution is -0.130. The largest absolute Gasteiger partial charge is 0.350 e. The van der Waals surface area contributed by atoms with Crippen LogP contribution in [0.4, 0.5) is 0 Å². The third kappa shape index (κ3) is 7.92. The molecule has 0 fully saturated rings. The second-order valence-electron chi connectivity index (χ2n) is 3.75. The van der Waals surface area contributed by atoms with E-state index in [0.29, 0.717) is 6.61 Å². The van der Waals surface area contributed by atoms with Crippen LogP contribution >= 0.6 is 0 Å². The first kappa shape index (κ1) is 9.92. The molecular formula is C8H17O2. The molecule has 0 aliphatic carbocycles. The maximum absolute atomic E-state index is 10.4. The van der Waals surface area contributed by atoms with Crippen LogP contribution in [0.15, 0.2) is 0 Å². The molecule has 0 aliphatic heterocycles. The number of ether oxygens (including phenoxy) is 1. The van der Waals surface area contributed by atoms with Gasteiger partial charge in [-0.25, -0.2) is 5.11 Å². The van der Waals surface area contributed by atoms with E-state index >= 15 is 0 Å². The lowest BCUT2D eigenvalue weighted by Gasteiger charge is -2.17. The molecule has 1 atom stereocenters. The summed E-state index contributed by atoms with van der Waals surface area (Å²) in [4.78, 5) is 0. The first-order valence-electron chi connectivity index (χ1n) is 3.69. The molecule has 1 radical (unpaired) electrons. The Bertz CT molecular complexity index is 81.7. The van der Waals surface area contributed by atoms with E-state index in [1.165, 1.54) is 6.92 Å². The van der Waals surface area contributed by atoms with Crippen molar-refractivity contribution in [2.45, 2.75) is 40.4 Å². The highest BCUT2D eigenvalue weighted by molar-refractivity contribution is 4.59. The molecular weight excluding hydrogens is 128 g/mol. The van der Waals surface area contributed by atoms with Crippen LogP contribution in [0.1, 0.15) is 34.1 Å². The summed E-state index contributed by atoms with van der Waals surface area (Å²) in [5, 5.41) is 10.4. The topological polar surface area (TPSA) is 29.1 Å². The summed E-state index contributed by atoms with van der Waals surface area (Å²) >= 11 is 0. The smallest absolute Gasteiger partial charge is 0.188 e. The molecule has 0 spiro atoms. The minimum Gasteiger partial charge on any atom is -0.350 e. The van der Waals surface area contributed by atoms with Crippen molar-refractivity contribution in [1.82, 2.24) is 0 Å². The van der Waals surface area contributed by atoms with Gasteiger partial charge >= 0.3 is 0 Å². The lowest BCUT2D eigenvalue weighted by atomic mass is 9.93. The van der Waals surface area contributed by atoms with Gasteiger partial charge in [-0.3, -0.25) is 0 Å². The summed E-state index contributed by atoms with van der Waals surface area (Å²) < 4.78 is 4.86. The number of rotatable bonds is 3. The van der Waals surface area contributed by atoms with Gasteiger partial charge in [0.05, 0.1) is 6.61 Å². The van der Waals surface area contributed by atoms with E-state index in [-0.39, 0.29) is 5.41 Å². The van der Waals surface area contributed by atoms with E-state index in [1.54, 1.807) is 0 Å². The van der Waals surface area contributed by atoms with Crippen molar-refractivity contribution in [3.05, 3.63) is 0 Å². The summed E-state index contributed by atoms with van der Waals surface area (Å²) in [6, 6.07) is 0. The van der Waals surface area contributed by atoms with E-state index in [9.17, 15) is 5.11 Å². The second kappa shape index (κ2) is 3.94. The molecule has 0 aromatic rings. The molecule has 61 valence electrons. The summed E-state index contributed by atoms with van der Waals surface area (Å²) in [5.41, 5.74) is 0.273. The highest BCUT2D eigenvalue weighted by Crippen LogP contribution is 2.17. The van der Waals surface area contributed by atoms with Gasteiger partial charge in [0.25, 0.3) is 0 Å². The summed E-state index contributed by atoms with van der Waals surface area (Å²) in [6.45, 7) is 8.49. The van der Waals surface area contributed by atoms with Crippen molar-refractivity contribution in [2.24, 2.45) is 5.41 Å². The van der Waals surface area contributed by atoms with Gasteiger partial charge in [-0.1, -0.05) is 20.8 Å². The Morgan fingerprint density at radius 3 is 2.20 bits per heavy atom. The van der Waals surface area contributed by atoms with Gasteiger partial charge in [-0.05, 0) is 18.8 Å². The normalized spacial score (nSPS) is 15.3. The van der Waals surface area contributed by atoms with Gasteiger partial charge in [-0.2, -0.15) is 0 Å². The molecule has 0 N–H and O–H groups in total. The Hall–Kier alpha value is -0.0800. The quantitative estimate of drug-likeness (QED) is 0.560. The van der Waals surface area contributed by atoms with Crippen molar-refractivity contribution >= 4 is 0 Å². The summed E-state index contributed by atoms with van der Waals surface area (Å²) in [7, 11) is 0. The highest BCUT2D eigenvalue weighted by Gasteiger charge is 2.10. The van der Waals surface area contributed by atoms with Crippen LogP contribution in [0, 0.1) is 5.41 Å². The van der Waals surface area contributed by atoms with Crippen molar-refractivity contribution in [1.29, 1.82) is 0 Å². The van der Waals surface area contributed by atoms with Crippen LogP contribution in [0.25, 0.3) is 0 Å². The van der Waals surface area contributed by atoms with E-state index in [2.05, 4.69) is 20.8 Å². The first-order chi connectivity index (χ1) is 4.42. The lowest BCUT2D eigenvalue weighted by Crippen LogP contribution is -2.13. The SMILES string of the molecule is CC([O])OCCC(C)(C)C. The van der Waals surface area contributed by atoms with Gasteiger partial charge in [0.2, 0.25) is 0 Å². The van der Waals surface area contributed by atoms with E-state index in [0.717, 1.165) is 6.42 Å². The van der Waals surface area contributed by atoms with Gasteiger partial charge in [0.1, 0.15) is 0 Å². The fraction of sp³-hybridized carbons (Fsp3) is 1.00.